The molecule has 1 heterocycles. The fourth-order valence-electron chi connectivity index (χ4n) is 1.59. The minimum Gasteiger partial charge on any atom is -0.423 e. The van der Waals surface area contributed by atoms with Crippen molar-refractivity contribution in [2.45, 2.75) is 6.42 Å². The topological polar surface area (TPSA) is 69.6 Å². The van der Waals surface area contributed by atoms with Crippen molar-refractivity contribution in [3.63, 3.8) is 0 Å². The molecule has 1 aliphatic heterocycles. The molecule has 6 heteroatoms. The summed E-state index contributed by atoms with van der Waals surface area (Å²) in [5.74, 6) is -0.145. The maximum absolute atomic E-state index is 11.4. The van der Waals surface area contributed by atoms with E-state index in [1.807, 2.05) is 0 Å². The molecule has 0 fully saturated rings. The Morgan fingerprint density at radius 1 is 1.33 bits per heavy atom. The minimum absolute atomic E-state index is 0. The highest BCUT2D eigenvalue weighted by Crippen LogP contribution is 2.11. The monoisotopic (exact) mass is 227 g/mol. The fourth-order valence-corrected chi connectivity index (χ4v) is 1.59. The van der Waals surface area contributed by atoms with Crippen molar-refractivity contribution < 1.29 is 14.8 Å². The van der Waals surface area contributed by atoms with Crippen LogP contribution in [0.25, 0.3) is 0 Å². The molecule has 4 nitrogen and oxygen atoms in total. The lowest BCUT2D eigenvalue weighted by Crippen LogP contribution is -2.36. The molecule has 1 amide bonds. The first-order valence-corrected chi connectivity index (χ1v) is 4.45. The van der Waals surface area contributed by atoms with Gasteiger partial charge in [-0.3, -0.25) is 4.79 Å². The van der Waals surface area contributed by atoms with Crippen LogP contribution in [0.1, 0.15) is 15.9 Å². The van der Waals surface area contributed by atoms with E-state index < -0.39 is 7.12 Å². The first-order chi connectivity index (χ1) is 6.68. The molecule has 0 atom stereocenters. The van der Waals surface area contributed by atoms with Gasteiger partial charge in [0.25, 0.3) is 5.91 Å². The van der Waals surface area contributed by atoms with Gasteiger partial charge in [0.1, 0.15) is 0 Å². The van der Waals surface area contributed by atoms with Crippen LogP contribution in [0.3, 0.4) is 0 Å². The Hall–Kier alpha value is -1.04. The van der Waals surface area contributed by atoms with E-state index in [9.17, 15) is 4.79 Å². The zero-order chi connectivity index (χ0) is 10.1. The van der Waals surface area contributed by atoms with Crippen molar-refractivity contribution in [2.75, 3.05) is 6.54 Å². The zero-order valence-corrected chi connectivity index (χ0v) is 8.75. The lowest BCUT2D eigenvalue weighted by atomic mass is 9.78. The third kappa shape index (κ3) is 2.31. The zero-order valence-electron chi connectivity index (χ0n) is 7.93. The summed E-state index contributed by atoms with van der Waals surface area (Å²) in [4.78, 5) is 11.4. The Labute approximate surface area is 93.9 Å². The van der Waals surface area contributed by atoms with E-state index in [-0.39, 0.29) is 18.3 Å². The van der Waals surface area contributed by atoms with Gasteiger partial charge in [-0.25, -0.2) is 0 Å². The van der Waals surface area contributed by atoms with Gasteiger partial charge in [0.2, 0.25) is 0 Å². The van der Waals surface area contributed by atoms with Crippen LogP contribution < -0.4 is 10.8 Å². The Morgan fingerprint density at radius 3 is 2.73 bits per heavy atom. The lowest BCUT2D eigenvalue weighted by molar-refractivity contribution is 0.0946. The quantitative estimate of drug-likeness (QED) is 0.543. The van der Waals surface area contributed by atoms with E-state index in [0.717, 1.165) is 12.0 Å². The smallest absolute Gasteiger partial charge is 0.423 e. The first-order valence-electron chi connectivity index (χ1n) is 4.45. The summed E-state index contributed by atoms with van der Waals surface area (Å²) in [6, 6.07) is 4.92. The van der Waals surface area contributed by atoms with Gasteiger partial charge in [0.05, 0.1) is 0 Å². The van der Waals surface area contributed by atoms with Crippen LogP contribution in [0.15, 0.2) is 18.2 Å². The SMILES string of the molecule is Cl.O=C1NCCc2ccc(B(O)O)cc21. The lowest BCUT2D eigenvalue weighted by Gasteiger charge is -2.16. The van der Waals surface area contributed by atoms with E-state index in [1.165, 1.54) is 6.07 Å². The molecule has 15 heavy (non-hydrogen) atoms. The predicted molar refractivity (Wildman–Crippen MR) is 59.6 cm³/mol. The van der Waals surface area contributed by atoms with Crippen molar-refractivity contribution in [1.82, 2.24) is 5.32 Å². The Morgan fingerprint density at radius 2 is 2.07 bits per heavy atom. The molecule has 0 saturated carbocycles. The summed E-state index contributed by atoms with van der Waals surface area (Å²) in [5.41, 5.74) is 1.85. The molecule has 0 unspecified atom stereocenters. The van der Waals surface area contributed by atoms with Crippen LogP contribution in [-0.2, 0) is 6.42 Å². The summed E-state index contributed by atoms with van der Waals surface area (Å²) in [7, 11) is -1.52. The summed E-state index contributed by atoms with van der Waals surface area (Å²) in [6.07, 6.45) is 0.795. The van der Waals surface area contributed by atoms with Crippen LogP contribution in [0.2, 0.25) is 0 Å². The standard InChI is InChI=1S/C9H10BNO3.ClH/c12-9-8-5-7(10(13)14)2-1-6(8)3-4-11-9;/h1-2,5,13-14H,3-4H2,(H,11,12);1H. The number of halogens is 1. The minimum atomic E-state index is -1.52. The summed E-state index contributed by atoms with van der Waals surface area (Å²) in [6.45, 7) is 0.646. The maximum atomic E-state index is 11.4. The molecule has 0 bridgehead atoms. The summed E-state index contributed by atoms with van der Waals surface area (Å²) >= 11 is 0. The third-order valence-electron chi connectivity index (χ3n) is 2.36. The van der Waals surface area contributed by atoms with Gasteiger partial charge < -0.3 is 15.4 Å². The van der Waals surface area contributed by atoms with Gasteiger partial charge in [-0.2, -0.15) is 0 Å². The molecule has 3 N–H and O–H groups in total. The molecule has 0 aromatic heterocycles. The molecule has 2 rings (SSSR count). The number of carbonyl (C=O) groups excluding carboxylic acids is 1. The van der Waals surface area contributed by atoms with Gasteiger partial charge in [0, 0.05) is 12.1 Å². The molecular weight excluding hydrogens is 216 g/mol. The highest BCUT2D eigenvalue weighted by Gasteiger charge is 2.19. The number of fused-ring (bicyclic) bond motifs is 1. The van der Waals surface area contributed by atoms with Crippen LogP contribution in [0.4, 0.5) is 0 Å². The molecule has 1 aromatic carbocycles. The van der Waals surface area contributed by atoms with E-state index >= 15 is 0 Å². The average molecular weight is 227 g/mol. The Bertz CT molecular complexity index is 384. The van der Waals surface area contributed by atoms with E-state index in [4.69, 9.17) is 10.0 Å². The predicted octanol–water partition coefficient (Wildman–Crippen LogP) is -0.926. The second-order valence-corrected chi connectivity index (χ2v) is 3.30. The maximum Gasteiger partial charge on any atom is 0.488 e. The number of hydrogen-bond acceptors (Lipinski definition) is 3. The molecule has 0 radical (unpaired) electrons. The molecule has 0 saturated heterocycles. The average Bonchev–Trinajstić information content (AvgIpc) is 2.18. The number of hydrogen-bond donors (Lipinski definition) is 3. The molecular formula is C9H11BClNO3. The number of nitrogens with one attached hydrogen (secondary N) is 1. The number of amides is 1. The highest BCUT2D eigenvalue weighted by atomic mass is 35.5. The van der Waals surface area contributed by atoms with Crippen LogP contribution >= 0.6 is 12.4 Å². The van der Waals surface area contributed by atoms with Crippen LogP contribution in [0, 0.1) is 0 Å². The van der Waals surface area contributed by atoms with Gasteiger partial charge in [-0.05, 0) is 23.5 Å². The third-order valence-corrected chi connectivity index (χ3v) is 2.36. The van der Waals surface area contributed by atoms with E-state index in [0.29, 0.717) is 17.6 Å². The summed E-state index contributed by atoms with van der Waals surface area (Å²) < 4.78 is 0. The number of benzene rings is 1. The van der Waals surface area contributed by atoms with Gasteiger partial charge in [-0.1, -0.05) is 12.1 Å². The molecule has 80 valence electrons. The fraction of sp³-hybridized carbons (Fsp3) is 0.222. The van der Waals surface area contributed by atoms with E-state index in [1.54, 1.807) is 12.1 Å². The molecule has 1 aromatic rings. The second kappa shape index (κ2) is 4.66. The largest absolute Gasteiger partial charge is 0.488 e. The normalized spacial score (nSPS) is 13.6. The molecule has 0 spiro atoms. The number of rotatable bonds is 1. The second-order valence-electron chi connectivity index (χ2n) is 3.30. The van der Waals surface area contributed by atoms with Crippen molar-refractivity contribution in [3.8, 4) is 0 Å². The van der Waals surface area contributed by atoms with E-state index in [2.05, 4.69) is 5.32 Å². The molecule has 0 aliphatic carbocycles. The van der Waals surface area contributed by atoms with Gasteiger partial charge in [0.15, 0.2) is 0 Å². The van der Waals surface area contributed by atoms with Crippen LogP contribution in [-0.4, -0.2) is 29.6 Å². The number of carbonyl (C=O) groups is 1. The molecule has 1 aliphatic rings. The van der Waals surface area contributed by atoms with Gasteiger partial charge >= 0.3 is 7.12 Å². The first kappa shape index (κ1) is 12.0. The van der Waals surface area contributed by atoms with Gasteiger partial charge in [-0.15, -0.1) is 12.4 Å². The van der Waals surface area contributed by atoms with Crippen molar-refractivity contribution in [2.24, 2.45) is 0 Å². The summed E-state index contributed by atoms with van der Waals surface area (Å²) in [5, 5.41) is 20.6. The van der Waals surface area contributed by atoms with Crippen molar-refractivity contribution in [1.29, 1.82) is 0 Å². The van der Waals surface area contributed by atoms with Crippen molar-refractivity contribution >= 4 is 30.9 Å². The van der Waals surface area contributed by atoms with Crippen LogP contribution in [0.5, 0.6) is 0 Å². The van der Waals surface area contributed by atoms with Crippen molar-refractivity contribution in [3.05, 3.63) is 29.3 Å². The highest BCUT2D eigenvalue weighted by molar-refractivity contribution is 6.58. The Balaban J connectivity index is 0.00000112. The Kier molecular flexibility index (Phi) is 3.74.